The second-order valence-electron chi connectivity index (χ2n) is 5.50. The van der Waals surface area contributed by atoms with E-state index in [1.165, 1.54) is 29.5 Å². The Bertz CT molecular complexity index is 941. The summed E-state index contributed by atoms with van der Waals surface area (Å²) in [5.74, 6) is -0.795. The number of hydrogen-bond donors (Lipinski definition) is 3. The number of nitrogens with zero attached hydrogens (tertiary/aromatic N) is 2. The van der Waals surface area contributed by atoms with Gasteiger partial charge in [-0.2, -0.15) is 4.31 Å². The predicted octanol–water partition coefficient (Wildman–Crippen LogP) is -0.0254. The predicted molar refractivity (Wildman–Crippen MR) is 96.2 cm³/mol. The lowest BCUT2D eigenvalue weighted by Crippen LogP contribution is -2.49. The van der Waals surface area contributed by atoms with Crippen molar-refractivity contribution in [3.8, 4) is 0 Å². The lowest BCUT2D eigenvalue weighted by Gasteiger charge is -2.26. The number of rotatable bonds is 5. The van der Waals surface area contributed by atoms with E-state index in [0.717, 1.165) is 4.31 Å². The van der Waals surface area contributed by atoms with Gasteiger partial charge in [0.1, 0.15) is 10.7 Å². The van der Waals surface area contributed by atoms with Gasteiger partial charge in [-0.25, -0.2) is 13.4 Å². The van der Waals surface area contributed by atoms with Crippen molar-refractivity contribution in [2.24, 2.45) is 5.73 Å². The number of benzene rings is 1. The number of aromatic nitrogens is 1. The van der Waals surface area contributed by atoms with Crippen LogP contribution in [0.5, 0.6) is 0 Å². The minimum Gasteiger partial charge on any atom is -0.354 e. The van der Waals surface area contributed by atoms with Gasteiger partial charge in [-0.3, -0.25) is 9.59 Å². The highest BCUT2D eigenvalue weighted by molar-refractivity contribution is 7.89. The van der Waals surface area contributed by atoms with Gasteiger partial charge >= 0.3 is 0 Å². The molecule has 26 heavy (non-hydrogen) atoms. The van der Waals surface area contributed by atoms with Gasteiger partial charge in [-0.05, 0) is 18.2 Å². The molecule has 0 unspecified atom stereocenters. The Morgan fingerprint density at radius 3 is 2.92 bits per heavy atom. The van der Waals surface area contributed by atoms with Crippen molar-refractivity contribution in [2.45, 2.75) is 11.4 Å². The zero-order valence-corrected chi connectivity index (χ0v) is 15.3. The summed E-state index contributed by atoms with van der Waals surface area (Å²) in [7, 11) is -3.83. The molecular weight excluding hydrogens is 378 g/mol. The second kappa shape index (κ2) is 7.50. The largest absolute Gasteiger partial charge is 0.354 e. The van der Waals surface area contributed by atoms with Crippen molar-refractivity contribution < 1.29 is 18.0 Å². The zero-order valence-electron chi connectivity index (χ0n) is 13.6. The average molecular weight is 395 g/mol. The van der Waals surface area contributed by atoms with E-state index >= 15 is 0 Å². The van der Waals surface area contributed by atoms with Crippen LogP contribution in [0.3, 0.4) is 0 Å². The fraction of sp³-hybridized carbons (Fsp3) is 0.267. The monoisotopic (exact) mass is 395 g/mol. The Morgan fingerprint density at radius 2 is 2.23 bits per heavy atom. The topological polar surface area (TPSA) is 134 Å². The van der Waals surface area contributed by atoms with Gasteiger partial charge in [0, 0.05) is 30.7 Å². The van der Waals surface area contributed by atoms with Crippen LogP contribution in [0.2, 0.25) is 0 Å². The molecule has 9 nitrogen and oxygen atoms in total. The fourth-order valence-corrected chi connectivity index (χ4v) is 4.51. The zero-order chi connectivity index (χ0) is 18.7. The molecule has 0 aliphatic carbocycles. The first-order valence-electron chi connectivity index (χ1n) is 7.73. The van der Waals surface area contributed by atoms with Crippen LogP contribution in [-0.4, -0.2) is 49.2 Å². The first-order chi connectivity index (χ1) is 12.4. The van der Waals surface area contributed by atoms with Gasteiger partial charge in [0.15, 0.2) is 0 Å². The van der Waals surface area contributed by atoms with Gasteiger partial charge < -0.3 is 16.4 Å². The Balaban J connectivity index is 1.79. The van der Waals surface area contributed by atoms with Crippen molar-refractivity contribution in [3.05, 3.63) is 40.3 Å². The van der Waals surface area contributed by atoms with Crippen LogP contribution in [0.1, 0.15) is 15.5 Å². The van der Waals surface area contributed by atoms with Crippen molar-refractivity contribution >= 4 is 38.9 Å². The lowest BCUT2D eigenvalue weighted by atomic mass is 10.3. The first kappa shape index (κ1) is 18.5. The number of nitrogens with one attached hydrogen (secondary N) is 2. The molecule has 11 heteroatoms. The van der Waals surface area contributed by atoms with Gasteiger partial charge in [0.2, 0.25) is 15.9 Å². The van der Waals surface area contributed by atoms with Crippen LogP contribution in [0, 0.1) is 0 Å². The van der Waals surface area contributed by atoms with Crippen molar-refractivity contribution in [1.29, 1.82) is 0 Å². The van der Waals surface area contributed by atoms with Gasteiger partial charge in [-0.15, -0.1) is 11.3 Å². The van der Waals surface area contributed by atoms with Crippen LogP contribution in [0.15, 0.2) is 34.5 Å². The highest BCUT2D eigenvalue weighted by atomic mass is 32.2. The molecule has 3 rings (SSSR count). The lowest BCUT2D eigenvalue weighted by molar-refractivity contribution is -0.122. The molecule has 1 saturated heterocycles. The van der Waals surface area contributed by atoms with E-state index < -0.39 is 15.9 Å². The van der Waals surface area contributed by atoms with Gasteiger partial charge in [-0.1, -0.05) is 6.07 Å². The van der Waals surface area contributed by atoms with Crippen LogP contribution in [-0.2, 0) is 21.4 Å². The molecule has 1 fully saturated rings. The number of carbonyl (C=O) groups excluding carboxylic acids is 2. The van der Waals surface area contributed by atoms with Crippen molar-refractivity contribution in [3.63, 3.8) is 0 Å². The third kappa shape index (κ3) is 3.90. The number of carbonyl (C=O) groups is 2. The van der Waals surface area contributed by atoms with Crippen LogP contribution in [0.4, 0.5) is 5.69 Å². The molecule has 1 aromatic heterocycles. The summed E-state index contributed by atoms with van der Waals surface area (Å²) >= 11 is 1.28. The number of thiazole rings is 1. The minimum absolute atomic E-state index is 0.00549. The van der Waals surface area contributed by atoms with E-state index in [2.05, 4.69) is 15.6 Å². The smallest absolute Gasteiger partial charge is 0.275 e. The molecule has 0 spiro atoms. The summed E-state index contributed by atoms with van der Waals surface area (Å²) in [6, 6.07) is 5.89. The van der Waals surface area contributed by atoms with Crippen molar-refractivity contribution in [2.75, 3.05) is 25.0 Å². The molecule has 2 amide bonds. The molecule has 138 valence electrons. The number of hydrogen-bond acceptors (Lipinski definition) is 7. The quantitative estimate of drug-likeness (QED) is 0.651. The maximum absolute atomic E-state index is 12.7. The van der Waals surface area contributed by atoms with E-state index in [4.69, 9.17) is 5.73 Å². The molecule has 1 aromatic carbocycles. The third-order valence-electron chi connectivity index (χ3n) is 3.69. The normalized spacial score (nSPS) is 15.5. The highest BCUT2D eigenvalue weighted by Gasteiger charge is 2.29. The van der Waals surface area contributed by atoms with E-state index in [1.807, 2.05) is 0 Å². The Kier molecular flexibility index (Phi) is 5.32. The van der Waals surface area contributed by atoms with Crippen LogP contribution < -0.4 is 16.4 Å². The standard InChI is InChI=1S/C15H17N5O4S2/c16-7-14-19-12(9-25-14)15(22)18-10-2-1-3-11(6-10)26(23,24)20-5-4-17-13(21)8-20/h1-3,6,9H,4-5,7-8,16H2,(H,17,21)(H,18,22). The average Bonchev–Trinajstić information content (AvgIpc) is 3.11. The molecule has 0 bridgehead atoms. The van der Waals surface area contributed by atoms with E-state index in [-0.39, 0.29) is 42.7 Å². The van der Waals surface area contributed by atoms with Crippen LogP contribution >= 0.6 is 11.3 Å². The Labute approximate surface area is 154 Å². The number of nitrogens with two attached hydrogens (primary N) is 1. The number of piperazine rings is 1. The molecule has 4 N–H and O–H groups in total. The molecule has 2 aromatic rings. The number of amides is 2. The number of anilines is 1. The van der Waals surface area contributed by atoms with E-state index in [9.17, 15) is 18.0 Å². The Morgan fingerprint density at radius 1 is 1.42 bits per heavy atom. The van der Waals surface area contributed by atoms with Crippen molar-refractivity contribution in [1.82, 2.24) is 14.6 Å². The van der Waals surface area contributed by atoms with E-state index in [1.54, 1.807) is 11.4 Å². The second-order valence-corrected chi connectivity index (χ2v) is 8.38. The summed E-state index contributed by atoms with van der Waals surface area (Å²) in [6.07, 6.45) is 0. The maximum atomic E-state index is 12.7. The first-order valence-corrected chi connectivity index (χ1v) is 10.0. The molecule has 0 saturated carbocycles. The molecular formula is C15H17N5O4S2. The number of sulfonamides is 1. The summed E-state index contributed by atoms with van der Waals surface area (Å²) in [6.45, 7) is 0.488. The Hall–Kier alpha value is -2.34. The summed E-state index contributed by atoms with van der Waals surface area (Å²) in [5.41, 5.74) is 6.02. The van der Waals surface area contributed by atoms with Gasteiger partial charge in [0.05, 0.1) is 11.4 Å². The van der Waals surface area contributed by atoms with E-state index in [0.29, 0.717) is 10.7 Å². The molecule has 1 aliphatic rings. The minimum atomic E-state index is -3.83. The SMILES string of the molecule is NCc1nc(C(=O)Nc2cccc(S(=O)(=O)N3CCNC(=O)C3)c2)cs1. The fourth-order valence-electron chi connectivity index (χ4n) is 2.41. The van der Waals surface area contributed by atoms with Gasteiger partial charge in [0.25, 0.3) is 5.91 Å². The highest BCUT2D eigenvalue weighted by Crippen LogP contribution is 2.21. The molecule has 2 heterocycles. The summed E-state index contributed by atoms with van der Waals surface area (Å²) in [5, 5.41) is 7.42. The molecule has 0 atom stereocenters. The van der Waals surface area contributed by atoms with Crippen LogP contribution in [0.25, 0.3) is 0 Å². The molecule has 1 aliphatic heterocycles. The maximum Gasteiger partial charge on any atom is 0.275 e. The summed E-state index contributed by atoms with van der Waals surface area (Å²) in [4.78, 5) is 27.8. The third-order valence-corrected chi connectivity index (χ3v) is 6.40. The molecule has 0 radical (unpaired) electrons. The summed E-state index contributed by atoms with van der Waals surface area (Å²) < 4.78 is 26.5.